The third-order valence-electron chi connectivity index (χ3n) is 3.86. The largest absolute Gasteiger partial charge is 0.460 e. The summed E-state index contributed by atoms with van der Waals surface area (Å²) in [4.78, 5) is 14.2. The SMILES string of the molecule is CC(C)(C)OC(=O)CCN(CCN)c1cccc2c1CCNC2. The van der Waals surface area contributed by atoms with Crippen molar-refractivity contribution in [1.29, 1.82) is 0 Å². The topological polar surface area (TPSA) is 67.6 Å². The van der Waals surface area contributed by atoms with Gasteiger partial charge in [-0.25, -0.2) is 0 Å². The summed E-state index contributed by atoms with van der Waals surface area (Å²) in [5.74, 6) is -0.161. The zero-order chi connectivity index (χ0) is 16.9. The van der Waals surface area contributed by atoms with Gasteiger partial charge in [-0.05, 0) is 50.9 Å². The summed E-state index contributed by atoms with van der Waals surface area (Å²) >= 11 is 0. The molecule has 1 aliphatic rings. The van der Waals surface area contributed by atoms with Crippen molar-refractivity contribution in [1.82, 2.24) is 5.32 Å². The van der Waals surface area contributed by atoms with Gasteiger partial charge >= 0.3 is 5.97 Å². The van der Waals surface area contributed by atoms with Crippen LogP contribution in [0.1, 0.15) is 38.3 Å². The quantitative estimate of drug-likeness (QED) is 0.783. The van der Waals surface area contributed by atoms with E-state index in [9.17, 15) is 4.79 Å². The van der Waals surface area contributed by atoms with Gasteiger partial charge in [-0.15, -0.1) is 0 Å². The Labute approximate surface area is 139 Å². The summed E-state index contributed by atoms with van der Waals surface area (Å²) in [6.07, 6.45) is 1.39. The summed E-state index contributed by atoms with van der Waals surface area (Å²) < 4.78 is 5.41. The fraction of sp³-hybridized carbons (Fsp3) is 0.611. The number of hydrogen-bond donors (Lipinski definition) is 2. The summed E-state index contributed by atoms with van der Waals surface area (Å²) in [7, 11) is 0. The number of fused-ring (bicyclic) bond motifs is 1. The van der Waals surface area contributed by atoms with Crippen molar-refractivity contribution >= 4 is 11.7 Å². The van der Waals surface area contributed by atoms with Crippen molar-refractivity contribution in [3.63, 3.8) is 0 Å². The van der Waals surface area contributed by atoms with Gasteiger partial charge < -0.3 is 20.7 Å². The van der Waals surface area contributed by atoms with Crippen molar-refractivity contribution in [2.24, 2.45) is 5.73 Å². The smallest absolute Gasteiger partial charge is 0.308 e. The molecule has 0 unspecified atom stereocenters. The highest BCUT2D eigenvalue weighted by molar-refractivity contribution is 5.71. The number of esters is 1. The van der Waals surface area contributed by atoms with Gasteiger partial charge in [0.05, 0.1) is 6.42 Å². The first-order chi connectivity index (χ1) is 10.9. The maximum absolute atomic E-state index is 12.0. The van der Waals surface area contributed by atoms with E-state index >= 15 is 0 Å². The van der Waals surface area contributed by atoms with Crippen molar-refractivity contribution in [3.05, 3.63) is 29.3 Å². The van der Waals surface area contributed by atoms with Gasteiger partial charge in [0.15, 0.2) is 0 Å². The Kier molecular flexibility index (Phi) is 6.02. The molecular weight excluding hydrogens is 290 g/mol. The predicted octanol–water partition coefficient (Wildman–Crippen LogP) is 1.83. The lowest BCUT2D eigenvalue weighted by molar-refractivity contribution is -0.154. The molecule has 0 radical (unpaired) electrons. The highest BCUT2D eigenvalue weighted by Crippen LogP contribution is 2.26. The van der Waals surface area contributed by atoms with Gasteiger partial charge in [0.25, 0.3) is 0 Å². The van der Waals surface area contributed by atoms with Crippen LogP contribution < -0.4 is 16.0 Å². The van der Waals surface area contributed by atoms with Gasteiger partial charge in [0.1, 0.15) is 5.60 Å². The van der Waals surface area contributed by atoms with E-state index in [1.165, 1.54) is 16.8 Å². The molecule has 23 heavy (non-hydrogen) atoms. The van der Waals surface area contributed by atoms with Crippen molar-refractivity contribution in [2.45, 2.75) is 45.8 Å². The fourth-order valence-corrected chi connectivity index (χ4v) is 2.94. The monoisotopic (exact) mass is 319 g/mol. The highest BCUT2D eigenvalue weighted by atomic mass is 16.6. The van der Waals surface area contributed by atoms with Crippen LogP contribution in [0.5, 0.6) is 0 Å². The molecule has 1 heterocycles. The molecule has 0 aliphatic carbocycles. The van der Waals surface area contributed by atoms with Crippen LogP contribution in [0.15, 0.2) is 18.2 Å². The molecule has 1 aromatic carbocycles. The first-order valence-electron chi connectivity index (χ1n) is 8.39. The van der Waals surface area contributed by atoms with Crippen LogP contribution in [0.3, 0.4) is 0 Å². The van der Waals surface area contributed by atoms with Crippen molar-refractivity contribution in [3.8, 4) is 0 Å². The molecule has 5 heteroatoms. The van der Waals surface area contributed by atoms with Gasteiger partial charge in [-0.2, -0.15) is 0 Å². The normalized spacial score (nSPS) is 14.3. The van der Waals surface area contributed by atoms with E-state index in [0.717, 1.165) is 26.1 Å². The van der Waals surface area contributed by atoms with Crippen LogP contribution in [-0.4, -0.2) is 37.7 Å². The number of nitrogens with one attached hydrogen (secondary N) is 1. The molecule has 0 spiro atoms. The zero-order valence-corrected chi connectivity index (χ0v) is 14.5. The number of anilines is 1. The number of rotatable bonds is 6. The molecule has 128 valence electrons. The number of ether oxygens (including phenoxy) is 1. The Hall–Kier alpha value is -1.59. The molecule has 0 saturated carbocycles. The molecule has 0 saturated heterocycles. The summed E-state index contributed by atoms with van der Waals surface area (Å²) in [6.45, 7) is 9.52. The number of nitrogens with two attached hydrogens (primary N) is 1. The lowest BCUT2D eigenvalue weighted by atomic mass is 9.98. The van der Waals surface area contributed by atoms with E-state index < -0.39 is 5.60 Å². The summed E-state index contributed by atoms with van der Waals surface area (Å²) in [6, 6.07) is 6.38. The van der Waals surface area contributed by atoms with Gasteiger partial charge in [0, 0.05) is 31.9 Å². The minimum absolute atomic E-state index is 0.161. The molecule has 0 atom stereocenters. The second kappa shape index (κ2) is 7.79. The van der Waals surface area contributed by atoms with Crippen LogP contribution in [0, 0.1) is 0 Å². The number of benzene rings is 1. The molecule has 0 fully saturated rings. The van der Waals surface area contributed by atoms with E-state index in [1.54, 1.807) is 0 Å². The van der Waals surface area contributed by atoms with Crippen molar-refractivity contribution in [2.75, 3.05) is 31.1 Å². The molecule has 1 aliphatic heterocycles. The second-order valence-electron chi connectivity index (χ2n) is 6.95. The van der Waals surface area contributed by atoms with Crippen LogP contribution in [0.4, 0.5) is 5.69 Å². The third kappa shape index (κ3) is 5.22. The van der Waals surface area contributed by atoms with E-state index in [-0.39, 0.29) is 5.97 Å². The Morgan fingerprint density at radius 1 is 1.35 bits per heavy atom. The summed E-state index contributed by atoms with van der Waals surface area (Å²) in [5.41, 5.74) is 9.27. The lowest BCUT2D eigenvalue weighted by Crippen LogP contribution is -2.35. The van der Waals surface area contributed by atoms with E-state index in [0.29, 0.717) is 19.5 Å². The zero-order valence-electron chi connectivity index (χ0n) is 14.5. The molecule has 0 amide bonds. The molecular formula is C18H29N3O2. The van der Waals surface area contributed by atoms with E-state index in [2.05, 4.69) is 28.4 Å². The van der Waals surface area contributed by atoms with Gasteiger partial charge in [-0.3, -0.25) is 4.79 Å². The Bertz CT molecular complexity index is 538. The Morgan fingerprint density at radius 2 is 2.13 bits per heavy atom. The number of nitrogens with zero attached hydrogens (tertiary/aromatic N) is 1. The van der Waals surface area contributed by atoms with Crippen molar-refractivity contribution < 1.29 is 9.53 Å². The number of carbonyl (C=O) groups excluding carboxylic acids is 1. The minimum atomic E-state index is -0.437. The lowest BCUT2D eigenvalue weighted by Gasteiger charge is -2.30. The van der Waals surface area contributed by atoms with Crippen LogP contribution in [0.2, 0.25) is 0 Å². The molecule has 0 bridgehead atoms. The van der Waals surface area contributed by atoms with Crippen LogP contribution in [0.25, 0.3) is 0 Å². The molecule has 1 aromatic rings. The third-order valence-corrected chi connectivity index (χ3v) is 3.86. The first-order valence-corrected chi connectivity index (χ1v) is 8.39. The Morgan fingerprint density at radius 3 is 2.83 bits per heavy atom. The molecule has 5 nitrogen and oxygen atoms in total. The minimum Gasteiger partial charge on any atom is -0.460 e. The van der Waals surface area contributed by atoms with Crippen LogP contribution in [-0.2, 0) is 22.5 Å². The highest BCUT2D eigenvalue weighted by Gasteiger charge is 2.20. The fourth-order valence-electron chi connectivity index (χ4n) is 2.94. The molecule has 2 rings (SSSR count). The average Bonchev–Trinajstić information content (AvgIpc) is 2.49. The van der Waals surface area contributed by atoms with E-state index in [1.807, 2.05) is 20.8 Å². The average molecular weight is 319 g/mol. The predicted molar refractivity (Wildman–Crippen MR) is 93.6 cm³/mol. The molecule has 3 N–H and O–H groups in total. The molecule has 0 aromatic heterocycles. The standard InChI is InChI=1S/C18H29N3O2/c1-18(2,3)23-17(22)8-11-21(12-9-19)16-6-4-5-14-13-20-10-7-15(14)16/h4-6,20H,7-13,19H2,1-3H3. The van der Waals surface area contributed by atoms with Gasteiger partial charge in [-0.1, -0.05) is 12.1 Å². The maximum Gasteiger partial charge on any atom is 0.308 e. The number of hydrogen-bond acceptors (Lipinski definition) is 5. The number of carbonyl (C=O) groups is 1. The van der Waals surface area contributed by atoms with Crippen LogP contribution >= 0.6 is 0 Å². The Balaban J connectivity index is 2.08. The summed E-state index contributed by atoms with van der Waals surface area (Å²) in [5, 5.41) is 3.40. The second-order valence-corrected chi connectivity index (χ2v) is 6.95. The first kappa shape index (κ1) is 17.8. The van der Waals surface area contributed by atoms with Gasteiger partial charge in [0.2, 0.25) is 0 Å². The van der Waals surface area contributed by atoms with E-state index in [4.69, 9.17) is 10.5 Å². The maximum atomic E-state index is 12.0.